The number of allylic oxidation sites excluding steroid dienone is 4. The van der Waals surface area contributed by atoms with Crippen LogP contribution in [0.4, 0.5) is 4.79 Å². The minimum Gasteiger partial charge on any atom is -0.480 e. The van der Waals surface area contributed by atoms with Crippen molar-refractivity contribution < 1.29 is 43.4 Å². The summed E-state index contributed by atoms with van der Waals surface area (Å²) in [7, 11) is 1.60. The molecule has 0 spiro atoms. The Hall–Kier alpha value is -5.43. The molecule has 0 bridgehead atoms. The number of fused-ring (bicyclic) bond motifs is 6. The largest absolute Gasteiger partial charge is 0.480 e. The Kier molecular flexibility index (Phi) is 18.8. The molecule has 3 N–H and O–H groups in total. The predicted octanol–water partition coefficient (Wildman–Crippen LogP) is 10.7. The smallest absolute Gasteiger partial charge is 0.415 e. The molecule has 5 aliphatic carbocycles. The summed E-state index contributed by atoms with van der Waals surface area (Å²) >= 11 is 1.17. The molecule has 4 saturated carbocycles. The average molecular weight is 1070 g/mol. The normalized spacial score (nSPS) is 26.2. The molecule has 16 heteroatoms. The number of Topliss-reactive ketones (excluding diaryl/α,β-unsaturated/α-hetero) is 2. The summed E-state index contributed by atoms with van der Waals surface area (Å²) in [5, 5.41) is 25.3. The summed E-state index contributed by atoms with van der Waals surface area (Å²) in [6.45, 7) is 16.5. The van der Waals surface area contributed by atoms with E-state index in [9.17, 15) is 43.9 Å². The maximum Gasteiger partial charge on any atom is 0.415 e. The Morgan fingerprint density at radius 2 is 1.61 bits per heavy atom. The van der Waals surface area contributed by atoms with E-state index < -0.39 is 23.5 Å². The molecule has 2 aromatic rings. The average Bonchev–Trinajstić information content (AvgIpc) is 3.97. The van der Waals surface area contributed by atoms with Crippen LogP contribution < -0.4 is 15.4 Å². The van der Waals surface area contributed by atoms with E-state index in [2.05, 4.69) is 36.4 Å². The number of nitrogens with one attached hydrogen (secondary N) is 2. The molecule has 4 fully saturated rings. The number of benzene rings is 1. The number of carbonyl (C=O) groups excluding carboxylic acids is 6. The highest BCUT2D eigenvalue weighted by atomic mass is 32.1. The molecule has 0 saturated heterocycles. The number of thiazole rings is 1. The van der Waals surface area contributed by atoms with Gasteiger partial charge in [0.05, 0.1) is 10.2 Å². The van der Waals surface area contributed by atoms with Gasteiger partial charge in [-0.25, -0.2) is 14.6 Å². The van der Waals surface area contributed by atoms with Gasteiger partial charge in [0.25, 0.3) is 0 Å². The van der Waals surface area contributed by atoms with Crippen molar-refractivity contribution in [1.29, 1.82) is 5.26 Å². The number of amides is 4. The third kappa shape index (κ3) is 12.8. The molecule has 1 heterocycles. The molecule has 76 heavy (non-hydrogen) atoms. The van der Waals surface area contributed by atoms with Crippen LogP contribution in [0.15, 0.2) is 40.5 Å². The Labute approximate surface area is 454 Å². The van der Waals surface area contributed by atoms with E-state index in [0.717, 1.165) is 30.1 Å². The van der Waals surface area contributed by atoms with E-state index in [1.807, 2.05) is 6.07 Å². The highest BCUT2D eigenvalue weighted by Gasteiger charge is 2.60. The lowest BCUT2D eigenvalue weighted by atomic mass is 9.44. The number of unbranched alkanes of at least 4 members (excludes halogenated alkanes) is 1. The number of carboxylic acid groups (broad SMARTS) is 1. The lowest BCUT2D eigenvalue weighted by Gasteiger charge is -2.61. The molecular weight excluding hydrogens is 981 g/mol. The molecule has 0 aliphatic heterocycles. The molecule has 0 radical (unpaired) electrons. The first-order chi connectivity index (χ1) is 36.0. The predicted molar refractivity (Wildman–Crippen MR) is 293 cm³/mol. The van der Waals surface area contributed by atoms with Gasteiger partial charge in [-0.05, 0) is 163 Å². The topological polar surface area (TPSA) is 216 Å². The van der Waals surface area contributed by atoms with Gasteiger partial charge < -0.3 is 30.3 Å². The summed E-state index contributed by atoms with van der Waals surface area (Å²) in [5.74, 6) is 2.30. The summed E-state index contributed by atoms with van der Waals surface area (Å²) in [4.78, 5) is 99.4. The number of carboxylic acids is 1. The van der Waals surface area contributed by atoms with Gasteiger partial charge in [-0.2, -0.15) is 5.26 Å². The van der Waals surface area contributed by atoms with Gasteiger partial charge >= 0.3 is 12.1 Å². The Morgan fingerprint density at radius 1 is 0.868 bits per heavy atom. The van der Waals surface area contributed by atoms with Gasteiger partial charge in [-0.3, -0.25) is 24.0 Å². The van der Waals surface area contributed by atoms with Gasteiger partial charge in [-0.15, -0.1) is 11.3 Å². The van der Waals surface area contributed by atoms with Crippen molar-refractivity contribution in [2.75, 3.05) is 33.2 Å². The van der Waals surface area contributed by atoms with Gasteiger partial charge in [0, 0.05) is 86.3 Å². The summed E-state index contributed by atoms with van der Waals surface area (Å²) in [6, 6.07) is 5.88. The zero-order valence-corrected chi connectivity index (χ0v) is 47.6. The van der Waals surface area contributed by atoms with Crippen LogP contribution in [0.3, 0.4) is 0 Å². The van der Waals surface area contributed by atoms with Crippen LogP contribution in [-0.4, -0.2) is 101 Å². The van der Waals surface area contributed by atoms with Crippen LogP contribution in [0.2, 0.25) is 0 Å². The first-order valence-electron chi connectivity index (χ1n) is 28.3. The van der Waals surface area contributed by atoms with Crippen molar-refractivity contribution >= 4 is 62.9 Å². The van der Waals surface area contributed by atoms with E-state index in [0.29, 0.717) is 81.0 Å². The molecular formula is C60H84N6O9S. The van der Waals surface area contributed by atoms with Crippen LogP contribution in [-0.2, 0) is 28.8 Å². The van der Waals surface area contributed by atoms with Gasteiger partial charge in [0.1, 0.15) is 17.9 Å². The van der Waals surface area contributed by atoms with Crippen LogP contribution in [0.25, 0.3) is 10.2 Å². The Morgan fingerprint density at radius 3 is 2.34 bits per heavy atom. The van der Waals surface area contributed by atoms with E-state index in [-0.39, 0.29) is 85.4 Å². The summed E-state index contributed by atoms with van der Waals surface area (Å²) < 4.78 is 6.43. The molecule has 3 unspecified atom stereocenters. The van der Waals surface area contributed by atoms with Crippen molar-refractivity contribution in [3.63, 3.8) is 0 Å². The van der Waals surface area contributed by atoms with Crippen molar-refractivity contribution in [2.45, 2.75) is 177 Å². The fourth-order valence-electron chi connectivity index (χ4n) is 15.0. The van der Waals surface area contributed by atoms with Crippen molar-refractivity contribution in [3.05, 3.63) is 45.5 Å². The molecule has 15 nitrogen and oxygen atoms in total. The zero-order valence-electron chi connectivity index (χ0n) is 46.7. The maximum absolute atomic E-state index is 13.7. The third-order valence-electron chi connectivity index (χ3n) is 19.4. The van der Waals surface area contributed by atoms with Crippen LogP contribution in [0.5, 0.6) is 5.75 Å². The molecule has 414 valence electrons. The van der Waals surface area contributed by atoms with Crippen LogP contribution in [0.1, 0.15) is 176 Å². The van der Waals surface area contributed by atoms with Crippen LogP contribution >= 0.6 is 11.3 Å². The van der Waals surface area contributed by atoms with E-state index >= 15 is 0 Å². The zero-order chi connectivity index (χ0) is 55.3. The number of hydrogen-bond donors (Lipinski definition) is 3. The van der Waals surface area contributed by atoms with E-state index in [1.165, 1.54) is 85.3 Å². The lowest BCUT2D eigenvalue weighted by Crippen LogP contribution is -2.53. The maximum atomic E-state index is 13.7. The molecule has 7 rings (SSSR count). The van der Waals surface area contributed by atoms with Gasteiger partial charge in [0.15, 0.2) is 16.6 Å². The number of hydrogen-bond acceptors (Lipinski definition) is 11. The number of aromatic nitrogens is 1. The fourth-order valence-corrected chi connectivity index (χ4v) is 15.7. The molecule has 5 aliphatic rings. The van der Waals surface area contributed by atoms with Gasteiger partial charge in [0.2, 0.25) is 17.7 Å². The molecule has 1 aromatic carbocycles. The van der Waals surface area contributed by atoms with Gasteiger partial charge in [-0.1, -0.05) is 47.5 Å². The number of ketones is 2. The van der Waals surface area contributed by atoms with E-state index in [4.69, 9.17) is 4.74 Å². The molecule has 4 amide bonds. The molecule has 9 atom stereocenters. The Balaban J connectivity index is 0.845. The molecule has 1 aromatic heterocycles. The monoisotopic (exact) mass is 1060 g/mol. The fraction of sp³-hybridized carbons (Fsp3) is 0.683. The number of nitriles is 1. The number of aliphatic carboxylic acids is 1. The van der Waals surface area contributed by atoms with Crippen molar-refractivity contribution in [1.82, 2.24) is 25.4 Å². The third-order valence-corrected chi connectivity index (χ3v) is 20.3. The number of carbonyl (C=O) groups is 7. The first kappa shape index (κ1) is 58.3. The summed E-state index contributed by atoms with van der Waals surface area (Å²) in [5.41, 5.74) is 1.90. The second-order valence-electron chi connectivity index (χ2n) is 24.5. The number of likely N-dealkylation sites (N-methyl/N-ethyl adjacent to an activating group) is 1. The SMILES string of the molecule is CC1=C(C)C(=O)C(C(C)(C)CC(=O)N(C)CCN(CCCC(=O)NCCCCC(NC(=O)CC[C@@H](C)[C@H]2CCC3[C@@H]4CC[C@@H]5CCCC[C@]5(C)C4CC[C@@]32C)C(=O)O)C(=O)Oc2ccc3nc(C#N)sc3c2)=C(C)C1=O. The second kappa shape index (κ2) is 24.5. The Bertz CT molecular complexity index is 2670. The number of rotatable bonds is 22. The highest BCUT2D eigenvalue weighted by molar-refractivity contribution is 7.19. The van der Waals surface area contributed by atoms with E-state index in [1.54, 1.807) is 59.9 Å². The number of nitrogens with zero attached hydrogens (tertiary/aromatic N) is 4. The first-order valence-corrected chi connectivity index (χ1v) is 29.1. The van der Waals surface area contributed by atoms with Crippen molar-refractivity contribution in [3.8, 4) is 11.8 Å². The van der Waals surface area contributed by atoms with Crippen molar-refractivity contribution in [2.24, 2.45) is 51.8 Å². The lowest BCUT2D eigenvalue weighted by molar-refractivity contribution is -0.142. The standard InChI is InChI=1S/C60H84N6O9S/c1-36(43-22-23-44-42-21-19-40-15-10-12-27-59(40,7)45(42)26-28-60(43,44)8)18-25-50(68)63-47(56(72)73)16-11-13-29-62-49(67)17-14-30-66(57(74)75-41-20-24-46-48(33-41)76-51(35-61)64-46)32-31-65(9)52(69)34-58(5,6)53-39(4)54(70)37(2)38(3)55(53)71/h20,24,33,36,40,42-45,47H,10-19,21-23,25-32,34H2,1-9H3,(H,62,67)(H,63,68)(H,72,73)/t36-,40+,42+,43-,44?,45?,47?,59+,60-/m1/s1. The minimum absolute atomic E-state index is 0.0582. The highest BCUT2D eigenvalue weighted by Crippen LogP contribution is 2.68. The second-order valence-corrected chi connectivity index (χ2v) is 25.5. The van der Waals surface area contributed by atoms with Crippen LogP contribution in [0, 0.1) is 63.1 Å². The minimum atomic E-state index is -1.07. The summed E-state index contributed by atoms with van der Waals surface area (Å²) in [6.07, 6.45) is 15.4. The number of ether oxygens (including phenoxy) is 1. The quantitative estimate of drug-likeness (QED) is 0.0744.